The quantitative estimate of drug-likeness (QED) is 0.303. The summed E-state index contributed by atoms with van der Waals surface area (Å²) in [4.78, 5) is 28.9. The highest BCUT2D eigenvalue weighted by Crippen LogP contribution is 2.89. The first kappa shape index (κ1) is 40.3. The maximum atomic E-state index is 12.6. The number of rotatable bonds is 6. The van der Waals surface area contributed by atoms with Crippen molar-refractivity contribution in [2.45, 2.75) is 182 Å². The Kier molecular flexibility index (Phi) is 9.52. The smallest absolute Gasteiger partial charge is 0.410 e. The number of nitrogens with zero attached hydrogens (tertiary/aromatic N) is 2. The number of aliphatic hydroxyl groups is 2. The maximum Gasteiger partial charge on any atom is 0.410 e. The second kappa shape index (κ2) is 13.0. The summed E-state index contributed by atoms with van der Waals surface area (Å²) in [6.07, 6.45) is 5.98. The second-order valence-corrected chi connectivity index (χ2v) is 22.2. The predicted octanol–water partition coefficient (Wildman–Crippen LogP) is 6.17. The third-order valence-corrected chi connectivity index (χ3v) is 17.5. The van der Waals surface area contributed by atoms with Gasteiger partial charge in [-0.15, -0.1) is 0 Å². The van der Waals surface area contributed by atoms with Gasteiger partial charge in [-0.05, 0) is 131 Å². The van der Waals surface area contributed by atoms with Crippen LogP contribution in [-0.2, 0) is 28.5 Å². The van der Waals surface area contributed by atoms with Crippen LogP contribution < -0.4 is 0 Å². The van der Waals surface area contributed by atoms with Crippen LogP contribution in [0.1, 0.15) is 128 Å². The summed E-state index contributed by atoms with van der Waals surface area (Å²) in [5.41, 5.74) is -1.67. The fourth-order valence-electron chi connectivity index (χ4n) is 15.0. The van der Waals surface area contributed by atoms with E-state index >= 15 is 0 Å². The highest BCUT2D eigenvalue weighted by Gasteiger charge is 2.84. The molecule has 5 aliphatic carbocycles. The highest BCUT2D eigenvalue weighted by molar-refractivity contribution is 5.69. The van der Waals surface area contributed by atoms with Crippen molar-refractivity contribution in [1.82, 2.24) is 9.80 Å². The number of aliphatic hydroxyl groups excluding tert-OH is 1. The summed E-state index contributed by atoms with van der Waals surface area (Å²) >= 11 is 0. The predicted molar refractivity (Wildman–Crippen MR) is 206 cm³/mol. The first-order chi connectivity index (χ1) is 25.5. The van der Waals surface area contributed by atoms with Crippen LogP contribution in [0.3, 0.4) is 0 Å². The van der Waals surface area contributed by atoms with Crippen molar-refractivity contribution < 1.29 is 43.5 Å². The van der Waals surface area contributed by atoms with E-state index in [9.17, 15) is 19.8 Å². The van der Waals surface area contributed by atoms with E-state index in [1.807, 2.05) is 20.8 Å². The third-order valence-electron chi connectivity index (χ3n) is 17.5. The summed E-state index contributed by atoms with van der Waals surface area (Å²) in [6, 6.07) is 0.302. The molecule has 8 fully saturated rings. The number of ether oxygens (including phenoxy) is 5. The number of carbonyl (C=O) groups excluding carboxylic acids is 2. The molecule has 0 bridgehead atoms. The van der Waals surface area contributed by atoms with Gasteiger partial charge in [0.25, 0.3) is 0 Å². The standard InChI is InChI=1S/C44H72N2O9/c1-25-20-28(36(40(8,9)50)52-26(2)47)53-34-33(25)41(10)16-17-44-24-43(44)15-14-31(39(6,7)29(43)12-13-30(44)42(41,11)35(34)48)54-32-23-45(18-19-51-32)27-21-46(22-27)37(49)55-38(3,4)5/h25,27-36,48,50H,12-24H2,1-11H3/t25-,28?,29+,30?,31?,32?,33?,34?,35+,36?,41?,42-,43?,44?/m1/s1. The Balaban J connectivity index is 0.953. The summed E-state index contributed by atoms with van der Waals surface area (Å²) in [6.45, 7) is 26.1. The summed E-state index contributed by atoms with van der Waals surface area (Å²) in [5, 5.41) is 23.7. The average molecular weight is 773 g/mol. The molecule has 3 heterocycles. The van der Waals surface area contributed by atoms with E-state index in [0.717, 1.165) is 45.2 Å². The number of carbonyl (C=O) groups is 2. The lowest BCUT2D eigenvalue weighted by Crippen LogP contribution is -2.64. The van der Waals surface area contributed by atoms with Crippen molar-refractivity contribution >= 4 is 12.1 Å². The zero-order valence-corrected chi connectivity index (χ0v) is 35.7. The Morgan fingerprint density at radius 1 is 0.927 bits per heavy atom. The Bertz CT molecular complexity index is 1520. The van der Waals surface area contributed by atoms with Crippen LogP contribution in [0.25, 0.3) is 0 Å². The Morgan fingerprint density at radius 2 is 1.60 bits per heavy atom. The Morgan fingerprint density at radius 3 is 2.25 bits per heavy atom. The van der Waals surface area contributed by atoms with E-state index in [1.54, 1.807) is 18.7 Å². The molecule has 5 saturated carbocycles. The lowest BCUT2D eigenvalue weighted by atomic mass is 9.41. The van der Waals surface area contributed by atoms with Crippen molar-refractivity contribution in [2.24, 2.45) is 50.7 Å². The van der Waals surface area contributed by atoms with E-state index in [4.69, 9.17) is 23.7 Å². The number of hydrogen-bond donors (Lipinski definition) is 2. The molecule has 55 heavy (non-hydrogen) atoms. The molecular formula is C44H72N2O9. The summed E-state index contributed by atoms with van der Waals surface area (Å²) in [5.74, 6) is 0.981. The van der Waals surface area contributed by atoms with Gasteiger partial charge in [0, 0.05) is 38.0 Å². The van der Waals surface area contributed by atoms with E-state index in [-0.39, 0.29) is 63.5 Å². The van der Waals surface area contributed by atoms with Gasteiger partial charge in [-0.25, -0.2) is 4.79 Å². The first-order valence-corrected chi connectivity index (χ1v) is 21.7. The number of amides is 1. The normalized spacial score (nSPS) is 47.2. The van der Waals surface area contributed by atoms with Crippen molar-refractivity contribution in [3.8, 4) is 0 Å². The van der Waals surface area contributed by atoms with Gasteiger partial charge in [-0.2, -0.15) is 0 Å². The molecule has 3 aliphatic heterocycles. The molecule has 3 saturated heterocycles. The van der Waals surface area contributed by atoms with E-state index in [2.05, 4.69) is 39.5 Å². The molecule has 0 radical (unpaired) electrons. The fourth-order valence-corrected chi connectivity index (χ4v) is 15.0. The molecule has 1 amide bonds. The highest BCUT2D eigenvalue weighted by atomic mass is 16.7. The molecule has 312 valence electrons. The van der Waals surface area contributed by atoms with E-state index < -0.39 is 35.5 Å². The SMILES string of the molecule is CC(=O)OC(C1C[C@@H](C)C2C(O1)[C@H](O)[C@@]1(C)C3CC[C@H]4C(C)(C)C(OC5CN(C6CN(C(=O)OC(C)(C)C)C6)CCO5)CCC45CC35CCC21C)C(C)(C)O. The minimum absolute atomic E-state index is 0.0139. The first-order valence-electron chi connectivity index (χ1n) is 21.7. The third kappa shape index (κ3) is 5.99. The number of hydrogen-bond acceptors (Lipinski definition) is 10. The average Bonchev–Trinajstić information content (AvgIpc) is 3.68. The molecule has 0 aromatic heterocycles. The summed E-state index contributed by atoms with van der Waals surface area (Å²) < 4.78 is 31.4. The Labute approximate surface area is 329 Å². The lowest BCUT2D eigenvalue weighted by molar-refractivity contribution is -0.253. The van der Waals surface area contributed by atoms with Crippen LogP contribution in [0.4, 0.5) is 4.79 Å². The van der Waals surface area contributed by atoms with Gasteiger partial charge in [0.15, 0.2) is 12.4 Å². The monoisotopic (exact) mass is 773 g/mol. The van der Waals surface area contributed by atoms with Gasteiger partial charge in [0.1, 0.15) is 5.60 Å². The topological polar surface area (TPSA) is 127 Å². The van der Waals surface area contributed by atoms with Crippen LogP contribution in [-0.4, -0.2) is 119 Å². The van der Waals surface area contributed by atoms with Gasteiger partial charge in [0.2, 0.25) is 0 Å². The van der Waals surface area contributed by atoms with Gasteiger partial charge in [0.05, 0.1) is 43.2 Å². The minimum atomic E-state index is -1.27. The molecular weight excluding hydrogens is 700 g/mol. The lowest BCUT2D eigenvalue weighted by Gasteiger charge is -2.64. The Hall–Kier alpha value is -1.50. The number of fused-ring (bicyclic) bond motifs is 4. The number of likely N-dealkylation sites (tertiary alicyclic amines) is 1. The molecule has 2 spiro atoms. The van der Waals surface area contributed by atoms with Gasteiger partial charge in [-0.3, -0.25) is 9.69 Å². The van der Waals surface area contributed by atoms with Crippen LogP contribution in [0, 0.1) is 50.7 Å². The summed E-state index contributed by atoms with van der Waals surface area (Å²) in [7, 11) is 0. The van der Waals surface area contributed by atoms with Crippen molar-refractivity contribution in [3.05, 3.63) is 0 Å². The maximum absolute atomic E-state index is 12.6. The zero-order chi connectivity index (χ0) is 39.9. The van der Waals surface area contributed by atoms with Crippen LogP contribution >= 0.6 is 0 Å². The molecule has 0 aromatic carbocycles. The number of morpholine rings is 1. The number of esters is 1. The molecule has 2 N–H and O–H groups in total. The van der Waals surface area contributed by atoms with Gasteiger partial charge < -0.3 is 38.8 Å². The van der Waals surface area contributed by atoms with E-state index in [0.29, 0.717) is 44.0 Å². The van der Waals surface area contributed by atoms with Gasteiger partial charge in [-0.1, -0.05) is 34.6 Å². The largest absolute Gasteiger partial charge is 0.457 e. The van der Waals surface area contributed by atoms with E-state index in [1.165, 1.54) is 19.8 Å². The molecule has 11 heteroatoms. The molecule has 11 nitrogen and oxygen atoms in total. The van der Waals surface area contributed by atoms with Gasteiger partial charge >= 0.3 is 12.1 Å². The molecule has 8 rings (SSSR count). The van der Waals surface area contributed by atoms with Crippen LogP contribution in [0.5, 0.6) is 0 Å². The molecule has 10 unspecified atom stereocenters. The van der Waals surface area contributed by atoms with Crippen molar-refractivity contribution in [2.75, 3.05) is 32.8 Å². The minimum Gasteiger partial charge on any atom is -0.457 e. The molecule has 0 aromatic rings. The molecule has 14 atom stereocenters. The zero-order valence-electron chi connectivity index (χ0n) is 35.7. The van der Waals surface area contributed by atoms with Crippen LogP contribution in [0.15, 0.2) is 0 Å². The van der Waals surface area contributed by atoms with Crippen LogP contribution in [0.2, 0.25) is 0 Å². The van der Waals surface area contributed by atoms with Crippen molar-refractivity contribution in [1.29, 1.82) is 0 Å². The fraction of sp³-hybridized carbons (Fsp3) is 0.955. The second-order valence-electron chi connectivity index (χ2n) is 22.2. The van der Waals surface area contributed by atoms with Crippen molar-refractivity contribution in [3.63, 3.8) is 0 Å². The molecule has 8 aliphatic rings.